The first-order chi connectivity index (χ1) is 21.3. The van der Waals surface area contributed by atoms with Gasteiger partial charge in [-0.25, -0.2) is 8.93 Å². The van der Waals surface area contributed by atoms with Crippen LogP contribution < -0.4 is 4.72 Å². The Labute approximate surface area is 270 Å². The lowest BCUT2D eigenvalue weighted by Gasteiger charge is -2.26. The number of likely N-dealkylation sites (tertiary alicyclic amines) is 1. The van der Waals surface area contributed by atoms with E-state index >= 15 is 0 Å². The van der Waals surface area contributed by atoms with Gasteiger partial charge in [0.1, 0.15) is 11.0 Å². The first-order valence-corrected chi connectivity index (χ1v) is 16.9. The van der Waals surface area contributed by atoms with Crippen LogP contribution in [0.4, 0.5) is 0 Å². The molecule has 1 saturated heterocycles. The second kappa shape index (κ2) is 20.1. The van der Waals surface area contributed by atoms with Gasteiger partial charge in [-0.1, -0.05) is 92.6 Å². The second-order valence-corrected chi connectivity index (χ2v) is 12.5. The Morgan fingerprint density at radius 2 is 1.77 bits per heavy atom. The molecule has 2 fully saturated rings. The Balaban J connectivity index is 0.000000299. The van der Waals surface area contributed by atoms with Gasteiger partial charge in [-0.15, -0.1) is 0 Å². The minimum absolute atomic E-state index is 0.219. The van der Waals surface area contributed by atoms with E-state index in [1.807, 2.05) is 75.4 Å². The van der Waals surface area contributed by atoms with Gasteiger partial charge in [0.2, 0.25) is 0 Å². The monoisotopic (exact) mass is 642 g/mol. The predicted octanol–water partition coefficient (Wildman–Crippen LogP) is 7.57. The van der Waals surface area contributed by atoms with Crippen molar-refractivity contribution in [1.82, 2.24) is 9.62 Å². The van der Waals surface area contributed by atoms with Gasteiger partial charge in [0.25, 0.3) is 6.47 Å². The number of nitrogens with zero attached hydrogens (tertiary/aromatic N) is 1. The maximum Gasteiger partial charge on any atom is 0.309 e. The number of carbonyl (C=O) groups is 2. The minimum atomic E-state index is -1.13. The highest BCUT2D eigenvalue weighted by atomic mass is 35.5. The highest BCUT2D eigenvalue weighted by molar-refractivity contribution is 7.87. The molecule has 1 aromatic rings. The van der Waals surface area contributed by atoms with E-state index in [1.54, 1.807) is 0 Å². The van der Waals surface area contributed by atoms with E-state index in [9.17, 15) is 9.00 Å². The Hall–Kier alpha value is -3.04. The highest BCUT2D eigenvalue weighted by Crippen LogP contribution is 2.56. The van der Waals surface area contributed by atoms with Crippen molar-refractivity contribution in [3.63, 3.8) is 0 Å². The van der Waals surface area contributed by atoms with E-state index in [4.69, 9.17) is 26.6 Å². The van der Waals surface area contributed by atoms with Crippen LogP contribution in [0.5, 0.6) is 0 Å². The lowest BCUT2D eigenvalue weighted by atomic mass is 10.0. The minimum Gasteiger partial charge on any atom is -0.483 e. The van der Waals surface area contributed by atoms with Gasteiger partial charge >= 0.3 is 5.97 Å². The molecule has 3 aliphatic carbocycles. The van der Waals surface area contributed by atoms with Crippen LogP contribution in [0.2, 0.25) is 5.02 Å². The Bertz CT molecular complexity index is 1280. The van der Waals surface area contributed by atoms with Gasteiger partial charge in [0.05, 0.1) is 5.41 Å². The van der Waals surface area contributed by atoms with Crippen LogP contribution in [0, 0.1) is 11.3 Å². The molecule has 0 aromatic heterocycles. The summed E-state index contributed by atoms with van der Waals surface area (Å²) in [6.07, 6.45) is 24.7. The molecule has 5 rings (SSSR count). The Morgan fingerprint density at radius 3 is 2.41 bits per heavy atom. The summed E-state index contributed by atoms with van der Waals surface area (Å²) < 4.78 is 15.7. The quantitative estimate of drug-likeness (QED) is 0.253. The van der Waals surface area contributed by atoms with E-state index in [1.165, 1.54) is 37.9 Å². The molecule has 3 N–H and O–H groups in total. The zero-order valence-corrected chi connectivity index (χ0v) is 27.7. The molecule has 7 nitrogen and oxygen atoms in total. The number of halogens is 1. The highest BCUT2D eigenvalue weighted by Gasteiger charge is 2.57. The van der Waals surface area contributed by atoms with Gasteiger partial charge in [0, 0.05) is 35.4 Å². The van der Waals surface area contributed by atoms with Gasteiger partial charge in [-0.2, -0.15) is 0 Å². The third-order valence-corrected chi connectivity index (χ3v) is 9.24. The smallest absolute Gasteiger partial charge is 0.309 e. The summed E-state index contributed by atoms with van der Waals surface area (Å²) in [5.41, 5.74) is 2.89. The molecular weight excluding hydrogens is 596 g/mol. The summed E-state index contributed by atoms with van der Waals surface area (Å²) in [6, 6.07) is 7.79. The summed E-state index contributed by atoms with van der Waals surface area (Å²) in [4.78, 5) is 22.7. The number of nitrogens with one attached hydrogen (secondary N) is 1. The molecule has 44 heavy (non-hydrogen) atoms. The number of hydrogen-bond acceptors (Lipinski definition) is 4. The van der Waals surface area contributed by atoms with Crippen LogP contribution in [0.3, 0.4) is 0 Å². The van der Waals surface area contributed by atoms with E-state index in [0.717, 1.165) is 47.0 Å². The molecule has 240 valence electrons. The van der Waals surface area contributed by atoms with E-state index in [0.29, 0.717) is 6.42 Å². The summed E-state index contributed by atoms with van der Waals surface area (Å²) in [6.45, 7) is 9.66. The number of allylic oxidation sites excluding steroid dienone is 12. The predicted molar refractivity (Wildman–Crippen MR) is 183 cm³/mol. The largest absolute Gasteiger partial charge is 0.483 e. The van der Waals surface area contributed by atoms with Gasteiger partial charge in [-0.3, -0.25) is 9.59 Å². The van der Waals surface area contributed by atoms with E-state index in [2.05, 4.69) is 33.9 Å². The third kappa shape index (κ3) is 12.2. The third-order valence-electron chi connectivity index (χ3n) is 7.74. The fraction of sp³-hybridized carbons (Fsp3) is 0.429. The molecule has 3 atom stereocenters. The number of hydrogen-bond donors (Lipinski definition) is 3. The van der Waals surface area contributed by atoms with Crippen molar-refractivity contribution >= 4 is 40.6 Å². The fourth-order valence-corrected chi connectivity index (χ4v) is 6.12. The van der Waals surface area contributed by atoms with Gasteiger partial charge in [0.15, 0.2) is 0 Å². The normalized spacial score (nSPS) is 22.8. The zero-order valence-electron chi connectivity index (χ0n) is 26.1. The average Bonchev–Trinajstić information content (AvgIpc) is 3.83. The number of carboxylic acids is 1. The molecule has 0 bridgehead atoms. The molecule has 0 amide bonds. The number of aliphatic carboxylic acids is 1. The molecular formula is C35H47ClN2O5S. The molecule has 1 heterocycles. The van der Waals surface area contributed by atoms with Crippen molar-refractivity contribution < 1.29 is 24.0 Å². The fourth-order valence-electron chi connectivity index (χ4n) is 5.09. The van der Waals surface area contributed by atoms with Gasteiger partial charge < -0.3 is 15.1 Å². The average molecular weight is 643 g/mol. The Kier molecular flexibility index (Phi) is 17.0. The standard InChI is InChI=1S/C20H25ClN2OS.C12H14O2.C2H6.CH2O2/c21-19-10-7-18(8-11-19)17-5-4-6-20(12-9-17)25(24)22-13-16-23-14-2-1-3-15-23;1-12(11(13)14)8-10(12)9-6-4-2-3-5-7-9;1-2;2-1-3/h4-5,7-12,22H,1-3,6,13-16H2;2-4,6-7,10H,5,8H2,1H3,(H,13,14);1-2H3;1H,(H,2,3). The summed E-state index contributed by atoms with van der Waals surface area (Å²) >= 11 is 5.95. The van der Waals surface area contributed by atoms with Crippen molar-refractivity contribution in [2.75, 3.05) is 26.2 Å². The maximum atomic E-state index is 12.5. The molecule has 1 aromatic carbocycles. The zero-order chi connectivity index (χ0) is 32.4. The number of rotatable bonds is 8. The van der Waals surface area contributed by atoms with Crippen LogP contribution in [-0.2, 0) is 20.6 Å². The van der Waals surface area contributed by atoms with Crippen LogP contribution >= 0.6 is 11.6 Å². The molecule has 4 aliphatic rings. The van der Waals surface area contributed by atoms with Crippen LogP contribution in [0.25, 0.3) is 5.57 Å². The molecule has 9 heteroatoms. The lowest BCUT2D eigenvalue weighted by molar-refractivity contribution is -0.143. The SMILES string of the molecule is CC.CC1(C(=O)O)CC1C1=CCC=CC=C1.O=CO.O=S(NCCN1CCCCC1)C1=CC=C(c2ccc(Cl)cc2)C=CC1. The topological polar surface area (TPSA) is 107 Å². The number of benzene rings is 1. The number of carboxylic acid groups (broad SMARTS) is 2. The lowest BCUT2D eigenvalue weighted by Crippen LogP contribution is -2.36. The molecule has 1 saturated carbocycles. The summed E-state index contributed by atoms with van der Waals surface area (Å²) in [7, 11) is -1.13. The first-order valence-electron chi connectivity index (χ1n) is 15.3. The summed E-state index contributed by atoms with van der Waals surface area (Å²) in [5.74, 6) is -0.454. The maximum absolute atomic E-state index is 12.5. The number of piperidine rings is 1. The molecule has 1 aliphatic heterocycles. The van der Waals surface area contributed by atoms with E-state index in [-0.39, 0.29) is 12.4 Å². The molecule has 3 unspecified atom stereocenters. The van der Waals surface area contributed by atoms with Crippen molar-refractivity contribution in [1.29, 1.82) is 0 Å². The van der Waals surface area contributed by atoms with Gasteiger partial charge in [-0.05, 0) is 80.6 Å². The van der Waals surface area contributed by atoms with Crippen molar-refractivity contribution in [3.05, 3.63) is 100 Å². The summed E-state index contributed by atoms with van der Waals surface area (Å²) in [5, 5.41) is 16.6. The van der Waals surface area contributed by atoms with Crippen molar-refractivity contribution in [2.24, 2.45) is 11.3 Å². The Morgan fingerprint density at radius 1 is 1.09 bits per heavy atom. The van der Waals surface area contributed by atoms with Crippen LogP contribution in [0.1, 0.15) is 64.9 Å². The first kappa shape index (κ1) is 37.1. The molecule has 0 spiro atoms. The van der Waals surface area contributed by atoms with Crippen LogP contribution in [0.15, 0.2) is 89.4 Å². The van der Waals surface area contributed by atoms with E-state index < -0.39 is 22.4 Å². The van der Waals surface area contributed by atoms with Crippen molar-refractivity contribution in [3.8, 4) is 0 Å². The second-order valence-electron chi connectivity index (χ2n) is 10.7. The van der Waals surface area contributed by atoms with Crippen LogP contribution in [-0.4, -0.2) is 57.9 Å². The van der Waals surface area contributed by atoms with Crippen molar-refractivity contribution in [2.45, 2.75) is 59.3 Å². The molecule has 0 radical (unpaired) electrons.